The molecule has 1 N–H and O–H groups in total. The number of carbonyl (C=O) groups excluding carboxylic acids is 1. The predicted octanol–water partition coefficient (Wildman–Crippen LogP) is 3.05. The number of benzene rings is 1. The summed E-state index contributed by atoms with van der Waals surface area (Å²) in [5.41, 5.74) is 3.15. The molecule has 1 heterocycles. The van der Waals surface area contributed by atoms with Gasteiger partial charge in [0.05, 0.1) is 10.2 Å². The first kappa shape index (κ1) is 12.8. The second-order valence-electron chi connectivity index (χ2n) is 4.14. The molecule has 0 radical (unpaired) electrons. The molecular formula is C13H14BrN3O. The smallest absolute Gasteiger partial charge is 0.277 e. The number of nitrogens with one attached hydrogen (secondary N) is 1. The molecule has 1 amide bonds. The molecule has 0 aliphatic rings. The predicted molar refractivity (Wildman–Crippen MR) is 74.8 cm³/mol. The average molecular weight is 308 g/mol. The van der Waals surface area contributed by atoms with Gasteiger partial charge in [0, 0.05) is 12.7 Å². The van der Waals surface area contributed by atoms with Gasteiger partial charge in [-0.2, -0.15) is 5.10 Å². The number of rotatable bonds is 2. The molecule has 1 aromatic carbocycles. The molecule has 0 saturated carbocycles. The van der Waals surface area contributed by atoms with Crippen LogP contribution in [0.15, 0.2) is 28.7 Å². The van der Waals surface area contributed by atoms with Crippen molar-refractivity contribution in [3.05, 3.63) is 45.7 Å². The molecule has 0 unspecified atom stereocenters. The fourth-order valence-electron chi connectivity index (χ4n) is 1.62. The summed E-state index contributed by atoms with van der Waals surface area (Å²) in [5.74, 6) is -0.208. The van der Waals surface area contributed by atoms with Crippen molar-refractivity contribution in [3.63, 3.8) is 0 Å². The van der Waals surface area contributed by atoms with Gasteiger partial charge >= 0.3 is 0 Å². The van der Waals surface area contributed by atoms with Crippen LogP contribution < -0.4 is 5.32 Å². The molecule has 0 aliphatic heterocycles. The number of para-hydroxylation sites is 1. The van der Waals surface area contributed by atoms with Gasteiger partial charge in [-0.15, -0.1) is 0 Å². The quantitative estimate of drug-likeness (QED) is 0.927. The molecule has 18 heavy (non-hydrogen) atoms. The number of hydrogen-bond donors (Lipinski definition) is 1. The van der Waals surface area contributed by atoms with Crippen molar-refractivity contribution < 1.29 is 4.79 Å². The fourth-order valence-corrected chi connectivity index (χ4v) is 2.14. The van der Waals surface area contributed by atoms with E-state index in [9.17, 15) is 4.79 Å². The van der Waals surface area contributed by atoms with Crippen LogP contribution in [0.1, 0.15) is 21.7 Å². The normalized spacial score (nSPS) is 10.4. The first-order valence-corrected chi connectivity index (χ1v) is 6.36. The van der Waals surface area contributed by atoms with Crippen molar-refractivity contribution in [1.82, 2.24) is 9.78 Å². The molecular weight excluding hydrogens is 294 g/mol. The Bertz CT molecular complexity index is 604. The molecule has 0 spiro atoms. The summed E-state index contributed by atoms with van der Waals surface area (Å²) in [7, 11) is 1.81. The Morgan fingerprint density at radius 2 is 2.00 bits per heavy atom. The van der Waals surface area contributed by atoms with Crippen LogP contribution in [-0.4, -0.2) is 15.7 Å². The highest BCUT2D eigenvalue weighted by atomic mass is 79.9. The van der Waals surface area contributed by atoms with E-state index in [4.69, 9.17) is 0 Å². The van der Waals surface area contributed by atoms with Crippen LogP contribution >= 0.6 is 15.9 Å². The Labute approximate surface area is 114 Å². The maximum absolute atomic E-state index is 12.1. The number of aryl methyl sites for hydroxylation is 2. The highest BCUT2D eigenvalue weighted by Gasteiger charge is 2.18. The van der Waals surface area contributed by atoms with Crippen LogP contribution in [0.5, 0.6) is 0 Å². The minimum absolute atomic E-state index is 0.208. The van der Waals surface area contributed by atoms with Gasteiger partial charge in [-0.25, -0.2) is 0 Å². The molecule has 0 bridgehead atoms. The van der Waals surface area contributed by atoms with Crippen molar-refractivity contribution in [2.75, 3.05) is 5.32 Å². The number of anilines is 1. The van der Waals surface area contributed by atoms with Crippen molar-refractivity contribution >= 4 is 27.5 Å². The van der Waals surface area contributed by atoms with Crippen molar-refractivity contribution in [2.24, 2.45) is 7.05 Å². The van der Waals surface area contributed by atoms with E-state index >= 15 is 0 Å². The Morgan fingerprint density at radius 3 is 2.56 bits per heavy atom. The summed E-state index contributed by atoms with van der Waals surface area (Å²) in [4.78, 5) is 12.1. The molecule has 0 atom stereocenters. The van der Waals surface area contributed by atoms with Gasteiger partial charge in [-0.1, -0.05) is 18.2 Å². The Balaban J connectivity index is 2.28. The molecule has 0 fully saturated rings. The SMILES string of the molecule is Cc1ccccc1NC(=O)c1nn(C)c(C)c1Br. The fraction of sp³-hybridized carbons (Fsp3) is 0.231. The molecule has 0 aliphatic carbocycles. The van der Waals surface area contributed by atoms with Gasteiger partial charge in [0.2, 0.25) is 0 Å². The summed E-state index contributed by atoms with van der Waals surface area (Å²) in [6.45, 7) is 3.86. The Hall–Kier alpha value is -1.62. The molecule has 0 saturated heterocycles. The van der Waals surface area contributed by atoms with Gasteiger partial charge < -0.3 is 5.32 Å². The van der Waals surface area contributed by atoms with E-state index < -0.39 is 0 Å². The van der Waals surface area contributed by atoms with Crippen molar-refractivity contribution in [2.45, 2.75) is 13.8 Å². The molecule has 1 aromatic heterocycles. The zero-order valence-electron chi connectivity index (χ0n) is 10.5. The third kappa shape index (κ3) is 2.31. The van der Waals surface area contributed by atoms with Gasteiger partial charge in [0.1, 0.15) is 0 Å². The number of hydrogen-bond acceptors (Lipinski definition) is 2. The minimum atomic E-state index is -0.208. The Morgan fingerprint density at radius 1 is 1.33 bits per heavy atom. The van der Waals surface area contributed by atoms with Crippen molar-refractivity contribution in [1.29, 1.82) is 0 Å². The van der Waals surface area contributed by atoms with Gasteiger partial charge in [0.25, 0.3) is 5.91 Å². The van der Waals surface area contributed by atoms with E-state index in [-0.39, 0.29) is 5.91 Å². The van der Waals surface area contributed by atoms with Crippen LogP contribution in [0.4, 0.5) is 5.69 Å². The highest BCUT2D eigenvalue weighted by Crippen LogP contribution is 2.22. The largest absolute Gasteiger partial charge is 0.320 e. The van der Waals surface area contributed by atoms with E-state index in [1.807, 2.05) is 45.2 Å². The zero-order valence-corrected chi connectivity index (χ0v) is 12.1. The highest BCUT2D eigenvalue weighted by molar-refractivity contribution is 9.10. The number of aromatic nitrogens is 2. The monoisotopic (exact) mass is 307 g/mol. The molecule has 5 heteroatoms. The van der Waals surface area contributed by atoms with Crippen LogP contribution in [0, 0.1) is 13.8 Å². The topological polar surface area (TPSA) is 46.9 Å². The average Bonchev–Trinajstić information content (AvgIpc) is 2.60. The summed E-state index contributed by atoms with van der Waals surface area (Å²) < 4.78 is 2.41. The van der Waals surface area contributed by atoms with E-state index in [1.54, 1.807) is 4.68 Å². The third-order valence-corrected chi connectivity index (χ3v) is 3.82. The van der Waals surface area contributed by atoms with Crippen LogP contribution in [0.3, 0.4) is 0 Å². The number of nitrogens with zero attached hydrogens (tertiary/aromatic N) is 2. The van der Waals surface area contributed by atoms with Crippen LogP contribution in [-0.2, 0) is 7.05 Å². The van der Waals surface area contributed by atoms with E-state index in [0.29, 0.717) is 5.69 Å². The maximum atomic E-state index is 12.1. The van der Waals surface area contributed by atoms with Crippen LogP contribution in [0.25, 0.3) is 0 Å². The van der Waals surface area contributed by atoms with E-state index in [0.717, 1.165) is 21.4 Å². The summed E-state index contributed by atoms with van der Waals surface area (Å²) in [6, 6.07) is 7.65. The number of carbonyl (C=O) groups is 1. The second-order valence-corrected chi connectivity index (χ2v) is 4.93. The molecule has 2 aromatic rings. The van der Waals surface area contributed by atoms with Gasteiger partial charge in [-0.05, 0) is 41.4 Å². The standard InChI is InChI=1S/C13H14BrN3O/c1-8-6-4-5-7-10(8)15-13(18)12-11(14)9(2)17(3)16-12/h4-7H,1-3H3,(H,15,18). The van der Waals surface area contributed by atoms with E-state index in [2.05, 4.69) is 26.3 Å². The van der Waals surface area contributed by atoms with Gasteiger partial charge in [0.15, 0.2) is 5.69 Å². The molecule has 4 nitrogen and oxygen atoms in total. The molecule has 94 valence electrons. The lowest BCUT2D eigenvalue weighted by Gasteiger charge is -2.06. The summed E-state index contributed by atoms with van der Waals surface area (Å²) in [6.07, 6.45) is 0. The minimum Gasteiger partial charge on any atom is -0.320 e. The van der Waals surface area contributed by atoms with E-state index in [1.165, 1.54) is 0 Å². The van der Waals surface area contributed by atoms with Crippen molar-refractivity contribution in [3.8, 4) is 0 Å². The van der Waals surface area contributed by atoms with Gasteiger partial charge in [-0.3, -0.25) is 9.48 Å². The number of amides is 1. The lowest BCUT2D eigenvalue weighted by molar-refractivity contribution is 0.102. The third-order valence-electron chi connectivity index (χ3n) is 2.87. The Kier molecular flexibility index (Phi) is 3.52. The second kappa shape index (κ2) is 4.94. The number of halogens is 1. The summed E-state index contributed by atoms with van der Waals surface area (Å²) >= 11 is 3.39. The summed E-state index contributed by atoms with van der Waals surface area (Å²) in [5, 5.41) is 7.06. The zero-order chi connectivity index (χ0) is 13.3. The first-order valence-electron chi connectivity index (χ1n) is 5.56. The lowest BCUT2D eigenvalue weighted by Crippen LogP contribution is -2.14. The lowest BCUT2D eigenvalue weighted by atomic mass is 10.2. The maximum Gasteiger partial charge on any atom is 0.277 e. The van der Waals surface area contributed by atoms with Crippen LogP contribution in [0.2, 0.25) is 0 Å². The first-order chi connectivity index (χ1) is 8.50. The molecule has 2 rings (SSSR count).